The monoisotopic (exact) mass is 678 g/mol. The molecule has 2 aromatic heterocycles. The molecule has 1 aromatic carbocycles. The summed E-state index contributed by atoms with van der Waals surface area (Å²) in [6.07, 6.45) is 0.905. The first-order valence-corrected chi connectivity index (χ1v) is 17.2. The molecule has 1 saturated heterocycles. The Morgan fingerprint density at radius 3 is 2.47 bits per heavy atom. The number of hydrogen-bond donors (Lipinski definition) is 1. The largest absolute Gasteiger partial charge is 0.490 e. The number of carboxylic acids is 1. The lowest BCUT2D eigenvalue weighted by atomic mass is 9.86. The maximum absolute atomic E-state index is 15.9. The highest BCUT2D eigenvalue weighted by Gasteiger charge is 2.35. The Hall–Kier alpha value is -3.96. The number of aliphatic carboxylic acids is 1. The van der Waals surface area contributed by atoms with Crippen LogP contribution in [0, 0.1) is 19.7 Å². The smallest absolute Gasteiger partial charge is 0.337 e. The van der Waals surface area contributed by atoms with E-state index in [1.54, 1.807) is 6.92 Å². The number of carbonyl (C=O) groups is 1. The molecule has 5 rings (SSSR count). The van der Waals surface area contributed by atoms with Gasteiger partial charge in [-0.3, -0.25) is 0 Å². The molecule has 3 aromatic rings. The van der Waals surface area contributed by atoms with Gasteiger partial charge in [-0.1, -0.05) is 12.1 Å². The summed E-state index contributed by atoms with van der Waals surface area (Å²) in [4.78, 5) is 26.4. The maximum atomic E-state index is 15.9. The molecule has 3 atom stereocenters. The highest BCUT2D eigenvalue weighted by atomic mass is 19.1. The lowest BCUT2D eigenvalue weighted by Crippen LogP contribution is -2.47. The van der Waals surface area contributed by atoms with E-state index >= 15 is 4.39 Å². The van der Waals surface area contributed by atoms with E-state index in [1.807, 2.05) is 73.1 Å². The van der Waals surface area contributed by atoms with Crippen molar-refractivity contribution in [2.24, 2.45) is 12.2 Å². The third-order valence-electron chi connectivity index (χ3n) is 9.36. The zero-order chi connectivity index (χ0) is 35.9. The van der Waals surface area contributed by atoms with Gasteiger partial charge in [-0.15, -0.1) is 0 Å². The standard InChI is InChI=1S/C38H51FN4O6/c1-12-20(2)33(49-41-25(7)43-18-21(3)47-22(4)19-43)30-17-28-32(27-16-29(39)34-26(23(27)5)14-13-15-46-34)31(24(6)40-36(28)42(30)11)35(37(44)45)48-38(8,9)10/h16-17,21-22,35H,12-15,18-19H2,1-11H3,(H,44,45). The minimum Gasteiger partial charge on any atom is -0.490 e. The van der Waals surface area contributed by atoms with Crippen LogP contribution in [0.1, 0.15) is 102 Å². The van der Waals surface area contributed by atoms with E-state index in [0.717, 1.165) is 29.0 Å². The van der Waals surface area contributed by atoms with Crippen molar-refractivity contribution >= 4 is 28.6 Å². The second-order valence-corrected chi connectivity index (χ2v) is 14.4. The van der Waals surface area contributed by atoms with Gasteiger partial charge in [-0.2, -0.15) is 0 Å². The van der Waals surface area contributed by atoms with Crippen LogP contribution in [0.3, 0.4) is 0 Å². The van der Waals surface area contributed by atoms with Crippen molar-refractivity contribution in [2.75, 3.05) is 19.7 Å². The molecule has 1 fully saturated rings. The summed E-state index contributed by atoms with van der Waals surface area (Å²) in [6.45, 7) is 21.1. The molecule has 0 bridgehead atoms. The molecule has 10 nitrogen and oxygen atoms in total. The number of aryl methyl sites for hydroxylation is 2. The van der Waals surface area contributed by atoms with Gasteiger partial charge in [0.2, 0.25) is 0 Å². The van der Waals surface area contributed by atoms with E-state index < -0.39 is 23.5 Å². The first-order valence-electron chi connectivity index (χ1n) is 17.2. The number of nitrogens with zero attached hydrogens (tertiary/aromatic N) is 4. The van der Waals surface area contributed by atoms with Crippen LogP contribution in [-0.2, 0) is 32.6 Å². The maximum Gasteiger partial charge on any atom is 0.337 e. The molecule has 2 aliphatic rings. The fourth-order valence-corrected chi connectivity index (χ4v) is 6.91. The van der Waals surface area contributed by atoms with Gasteiger partial charge in [0, 0.05) is 47.9 Å². The molecule has 0 saturated carbocycles. The number of ether oxygens (including phenoxy) is 3. The number of halogens is 1. The first-order chi connectivity index (χ1) is 23.0. The number of allylic oxidation sites excluding steroid dienone is 1. The lowest BCUT2D eigenvalue weighted by Gasteiger charge is -2.36. The number of benzene rings is 1. The molecule has 0 radical (unpaired) electrons. The molecule has 0 amide bonds. The predicted octanol–water partition coefficient (Wildman–Crippen LogP) is 7.86. The summed E-state index contributed by atoms with van der Waals surface area (Å²) in [7, 11) is 1.90. The summed E-state index contributed by atoms with van der Waals surface area (Å²) >= 11 is 0. The number of morpholine rings is 1. The van der Waals surface area contributed by atoms with Gasteiger partial charge in [0.1, 0.15) is 11.5 Å². The summed E-state index contributed by atoms with van der Waals surface area (Å²) in [5.41, 5.74) is 5.12. The Balaban J connectivity index is 1.77. The van der Waals surface area contributed by atoms with Crippen molar-refractivity contribution in [3.05, 3.63) is 51.6 Å². The highest BCUT2D eigenvalue weighted by molar-refractivity contribution is 6.00. The van der Waals surface area contributed by atoms with Crippen molar-refractivity contribution in [2.45, 2.75) is 112 Å². The quantitative estimate of drug-likeness (QED) is 0.111. The third kappa shape index (κ3) is 7.33. The van der Waals surface area contributed by atoms with Gasteiger partial charge in [0.05, 0.1) is 30.1 Å². The third-order valence-corrected chi connectivity index (χ3v) is 9.36. The van der Waals surface area contributed by atoms with Crippen LogP contribution in [0.4, 0.5) is 4.39 Å². The Bertz CT molecular complexity index is 1810. The van der Waals surface area contributed by atoms with E-state index in [9.17, 15) is 9.90 Å². The zero-order valence-corrected chi connectivity index (χ0v) is 30.8. The van der Waals surface area contributed by atoms with Crippen LogP contribution < -0.4 is 4.74 Å². The average Bonchev–Trinajstić information content (AvgIpc) is 3.35. The molecular formula is C38H51FN4O6. The number of oxime groups is 1. The average molecular weight is 679 g/mol. The highest BCUT2D eigenvalue weighted by Crippen LogP contribution is 2.45. The van der Waals surface area contributed by atoms with E-state index in [1.165, 1.54) is 6.07 Å². The molecule has 0 spiro atoms. The zero-order valence-electron chi connectivity index (χ0n) is 30.8. The van der Waals surface area contributed by atoms with Crippen molar-refractivity contribution < 1.29 is 33.3 Å². The van der Waals surface area contributed by atoms with Gasteiger partial charge in [0.15, 0.2) is 23.4 Å². The number of amidine groups is 1. The van der Waals surface area contributed by atoms with E-state index in [0.29, 0.717) is 77.4 Å². The fraction of sp³-hybridized carbons (Fsp3) is 0.553. The van der Waals surface area contributed by atoms with Crippen LogP contribution in [0.15, 0.2) is 22.9 Å². The molecule has 4 heterocycles. The number of fused-ring (bicyclic) bond motifs is 2. The summed E-state index contributed by atoms with van der Waals surface area (Å²) < 4.78 is 35.7. The SMILES string of the molecule is CCC(C)=C(ON=C(C)N1CC(C)OC(C)C1)c1cc2c(-c3cc(F)c4c(c3C)CCCO4)c(C(OC(C)(C)C)C(=O)O)c(C)nc2n1C. The van der Waals surface area contributed by atoms with Crippen LogP contribution in [-0.4, -0.2) is 68.9 Å². The second-order valence-electron chi connectivity index (χ2n) is 14.4. The Kier molecular flexibility index (Phi) is 10.5. The molecular weight excluding hydrogens is 627 g/mol. The molecule has 2 aliphatic heterocycles. The van der Waals surface area contributed by atoms with Crippen molar-refractivity contribution in [3.8, 4) is 16.9 Å². The van der Waals surface area contributed by atoms with Crippen molar-refractivity contribution in [1.29, 1.82) is 0 Å². The predicted molar refractivity (Wildman–Crippen MR) is 189 cm³/mol. The number of hydrogen-bond acceptors (Lipinski definition) is 7. The molecule has 0 aliphatic carbocycles. The van der Waals surface area contributed by atoms with Gasteiger partial charge >= 0.3 is 5.97 Å². The van der Waals surface area contributed by atoms with Crippen LogP contribution in [0.5, 0.6) is 5.75 Å². The minimum absolute atomic E-state index is 0.0711. The van der Waals surface area contributed by atoms with Gasteiger partial charge < -0.3 is 33.6 Å². The normalized spacial score (nSPS) is 19.8. The summed E-state index contributed by atoms with van der Waals surface area (Å²) in [5, 5.41) is 15.8. The fourth-order valence-electron chi connectivity index (χ4n) is 6.91. The molecule has 3 unspecified atom stereocenters. The number of aromatic nitrogens is 2. The molecule has 11 heteroatoms. The van der Waals surface area contributed by atoms with Crippen molar-refractivity contribution in [3.63, 3.8) is 0 Å². The Morgan fingerprint density at radius 1 is 1.18 bits per heavy atom. The van der Waals surface area contributed by atoms with Crippen molar-refractivity contribution in [1.82, 2.24) is 14.5 Å². The summed E-state index contributed by atoms with van der Waals surface area (Å²) in [5.74, 6) is -0.0567. The molecule has 49 heavy (non-hydrogen) atoms. The van der Waals surface area contributed by atoms with Gasteiger partial charge in [-0.25, -0.2) is 14.2 Å². The lowest BCUT2D eigenvalue weighted by molar-refractivity contribution is -0.160. The first kappa shape index (κ1) is 36.3. The van der Waals surface area contributed by atoms with E-state index in [-0.39, 0.29) is 18.0 Å². The van der Waals surface area contributed by atoms with Crippen LogP contribution in [0.25, 0.3) is 27.9 Å². The topological polar surface area (TPSA) is 108 Å². The van der Waals surface area contributed by atoms with E-state index in [2.05, 4.69) is 17.0 Å². The Labute approximate surface area is 288 Å². The van der Waals surface area contributed by atoms with Crippen LogP contribution in [0.2, 0.25) is 0 Å². The summed E-state index contributed by atoms with van der Waals surface area (Å²) in [6, 6.07) is 3.41. The number of pyridine rings is 1. The number of carboxylic acid groups (broad SMARTS) is 1. The molecule has 1 N–H and O–H groups in total. The van der Waals surface area contributed by atoms with Gasteiger partial charge in [0.25, 0.3) is 0 Å². The Morgan fingerprint density at radius 2 is 1.86 bits per heavy atom. The van der Waals surface area contributed by atoms with Gasteiger partial charge in [-0.05, 0) is 110 Å². The number of rotatable bonds is 8. The second kappa shape index (κ2) is 14.1. The molecule has 266 valence electrons. The van der Waals surface area contributed by atoms with E-state index in [4.69, 9.17) is 24.0 Å². The minimum atomic E-state index is -1.36. The van der Waals surface area contributed by atoms with Crippen LogP contribution >= 0.6 is 0 Å².